The van der Waals surface area contributed by atoms with Crippen LogP contribution in [0.25, 0.3) is 0 Å². The van der Waals surface area contributed by atoms with Gasteiger partial charge < -0.3 is 10.1 Å². The fourth-order valence-corrected chi connectivity index (χ4v) is 1.11. The first kappa shape index (κ1) is 11.0. The van der Waals surface area contributed by atoms with Crippen molar-refractivity contribution in [2.45, 2.75) is 0 Å². The predicted octanol–water partition coefficient (Wildman–Crippen LogP) is 1.22. The number of hydrogen-bond donors (Lipinski definition) is 2. The first-order valence-corrected chi connectivity index (χ1v) is 4.88. The van der Waals surface area contributed by atoms with E-state index in [1.807, 2.05) is 12.1 Å². The van der Waals surface area contributed by atoms with Crippen molar-refractivity contribution < 1.29 is 17.7 Å². The molecule has 78 valence electrons. The fourth-order valence-electron chi connectivity index (χ4n) is 0.948. The van der Waals surface area contributed by atoms with Gasteiger partial charge in [-0.15, -0.1) is 0 Å². The molecule has 1 rings (SSSR count). The normalized spacial score (nSPS) is 12.1. The molecule has 0 spiro atoms. The summed E-state index contributed by atoms with van der Waals surface area (Å²) < 4.78 is 28.0. The van der Waals surface area contributed by atoms with Crippen molar-refractivity contribution >= 4 is 17.0 Å². The molecule has 0 radical (unpaired) electrons. The Bertz CT molecular complexity index is 318. The Morgan fingerprint density at radius 2 is 2.21 bits per heavy atom. The molecule has 0 heterocycles. The lowest BCUT2D eigenvalue weighted by molar-refractivity contribution is 0.329. The van der Waals surface area contributed by atoms with Crippen LogP contribution in [0.1, 0.15) is 0 Å². The van der Waals surface area contributed by atoms with Crippen LogP contribution in [0.4, 0.5) is 5.69 Å². The standard InChI is InChI=1S/C8H11NO4S/c1-12-8-5-3-2-4-7(8)9-6-13-14(10)11/h2-5,9H,6H2,1H3,(H,10,11). The van der Waals surface area contributed by atoms with Crippen molar-refractivity contribution in [1.29, 1.82) is 0 Å². The highest BCUT2D eigenvalue weighted by atomic mass is 32.2. The monoisotopic (exact) mass is 217 g/mol. The highest BCUT2D eigenvalue weighted by molar-refractivity contribution is 7.74. The molecular formula is C8H11NO4S. The smallest absolute Gasteiger partial charge is 0.303 e. The van der Waals surface area contributed by atoms with Gasteiger partial charge in [-0.3, -0.25) is 4.55 Å². The molecule has 0 aliphatic rings. The number of benzene rings is 1. The van der Waals surface area contributed by atoms with E-state index in [-0.39, 0.29) is 6.73 Å². The zero-order valence-electron chi connectivity index (χ0n) is 7.60. The Labute approximate surface area is 84.5 Å². The maximum absolute atomic E-state index is 10.2. The molecule has 1 aromatic rings. The fraction of sp³-hybridized carbons (Fsp3) is 0.250. The third kappa shape index (κ3) is 3.33. The van der Waals surface area contributed by atoms with Gasteiger partial charge in [-0.1, -0.05) is 12.1 Å². The van der Waals surface area contributed by atoms with Gasteiger partial charge in [0.05, 0.1) is 12.8 Å². The van der Waals surface area contributed by atoms with Crippen molar-refractivity contribution in [1.82, 2.24) is 0 Å². The Balaban J connectivity index is 2.53. The van der Waals surface area contributed by atoms with E-state index in [0.29, 0.717) is 11.4 Å². The van der Waals surface area contributed by atoms with E-state index >= 15 is 0 Å². The summed E-state index contributed by atoms with van der Waals surface area (Å²) in [6.45, 7) is -0.0521. The van der Waals surface area contributed by atoms with E-state index < -0.39 is 11.4 Å². The van der Waals surface area contributed by atoms with Gasteiger partial charge in [0, 0.05) is 0 Å². The second kappa shape index (κ2) is 5.58. The molecule has 0 aromatic heterocycles. The molecule has 0 fully saturated rings. The number of ether oxygens (including phenoxy) is 1. The maximum atomic E-state index is 10.2. The zero-order valence-corrected chi connectivity index (χ0v) is 8.41. The lowest BCUT2D eigenvalue weighted by atomic mass is 10.3. The van der Waals surface area contributed by atoms with E-state index in [1.54, 1.807) is 19.2 Å². The predicted molar refractivity (Wildman–Crippen MR) is 53.3 cm³/mol. The van der Waals surface area contributed by atoms with Crippen LogP contribution in [0.15, 0.2) is 24.3 Å². The number of nitrogens with one attached hydrogen (secondary N) is 1. The van der Waals surface area contributed by atoms with Crippen molar-refractivity contribution in [2.75, 3.05) is 19.2 Å². The van der Waals surface area contributed by atoms with Gasteiger partial charge in [-0.25, -0.2) is 4.18 Å². The van der Waals surface area contributed by atoms with Crippen molar-refractivity contribution in [3.8, 4) is 5.75 Å². The van der Waals surface area contributed by atoms with Gasteiger partial charge in [0.1, 0.15) is 12.5 Å². The molecule has 0 saturated heterocycles. The van der Waals surface area contributed by atoms with Gasteiger partial charge in [0.25, 0.3) is 0 Å². The molecule has 0 aliphatic heterocycles. The zero-order chi connectivity index (χ0) is 10.4. The highest BCUT2D eigenvalue weighted by Crippen LogP contribution is 2.22. The van der Waals surface area contributed by atoms with Gasteiger partial charge >= 0.3 is 11.4 Å². The highest BCUT2D eigenvalue weighted by Gasteiger charge is 2.00. The van der Waals surface area contributed by atoms with Crippen LogP contribution in [-0.2, 0) is 15.5 Å². The summed E-state index contributed by atoms with van der Waals surface area (Å²) in [4.78, 5) is 0. The third-order valence-electron chi connectivity index (χ3n) is 1.53. The Kier molecular flexibility index (Phi) is 4.37. The molecule has 0 amide bonds. The van der Waals surface area contributed by atoms with Crippen LogP contribution >= 0.6 is 0 Å². The largest absolute Gasteiger partial charge is 0.495 e. The number of hydrogen-bond acceptors (Lipinski definition) is 4. The van der Waals surface area contributed by atoms with E-state index in [2.05, 4.69) is 9.50 Å². The lowest BCUT2D eigenvalue weighted by Gasteiger charge is -2.09. The summed E-state index contributed by atoms with van der Waals surface area (Å²) in [5.41, 5.74) is 0.709. The van der Waals surface area contributed by atoms with Crippen LogP contribution in [-0.4, -0.2) is 22.6 Å². The van der Waals surface area contributed by atoms with E-state index in [4.69, 9.17) is 9.29 Å². The minimum absolute atomic E-state index is 0.0521. The van der Waals surface area contributed by atoms with Crippen LogP contribution in [0.5, 0.6) is 5.75 Å². The molecule has 1 aromatic carbocycles. The molecule has 14 heavy (non-hydrogen) atoms. The minimum atomic E-state index is -2.25. The quantitative estimate of drug-likeness (QED) is 0.573. The third-order valence-corrected chi connectivity index (χ3v) is 1.85. The van der Waals surface area contributed by atoms with Crippen LogP contribution in [0.3, 0.4) is 0 Å². The summed E-state index contributed by atoms with van der Waals surface area (Å²) in [6.07, 6.45) is 0. The number of rotatable bonds is 5. The topological polar surface area (TPSA) is 67.8 Å². The Morgan fingerprint density at radius 1 is 1.50 bits per heavy atom. The van der Waals surface area contributed by atoms with Crippen molar-refractivity contribution in [3.63, 3.8) is 0 Å². The minimum Gasteiger partial charge on any atom is -0.495 e. The number of methoxy groups -OCH3 is 1. The first-order chi connectivity index (χ1) is 6.74. The summed E-state index contributed by atoms with van der Waals surface area (Å²) >= 11 is -2.25. The van der Waals surface area contributed by atoms with Gasteiger partial charge in [0.2, 0.25) is 0 Å². The summed E-state index contributed by atoms with van der Waals surface area (Å²) in [6, 6.07) is 7.20. The molecule has 0 aliphatic carbocycles. The van der Waals surface area contributed by atoms with E-state index in [0.717, 1.165) is 0 Å². The molecule has 1 unspecified atom stereocenters. The van der Waals surface area contributed by atoms with E-state index in [9.17, 15) is 4.21 Å². The second-order valence-corrected chi connectivity index (χ2v) is 3.03. The van der Waals surface area contributed by atoms with Gasteiger partial charge in [-0.2, -0.15) is 4.21 Å². The maximum Gasteiger partial charge on any atom is 0.303 e. The average molecular weight is 217 g/mol. The van der Waals surface area contributed by atoms with E-state index in [1.165, 1.54) is 0 Å². The van der Waals surface area contributed by atoms with Crippen molar-refractivity contribution in [3.05, 3.63) is 24.3 Å². The number of para-hydroxylation sites is 2. The van der Waals surface area contributed by atoms with Gasteiger partial charge in [-0.05, 0) is 12.1 Å². The summed E-state index contributed by atoms with van der Waals surface area (Å²) in [5, 5.41) is 2.80. The SMILES string of the molecule is COc1ccccc1NCOS(=O)O. The summed E-state index contributed by atoms with van der Waals surface area (Å²) in [7, 11) is 1.55. The molecule has 0 bridgehead atoms. The average Bonchev–Trinajstić information content (AvgIpc) is 2.18. The van der Waals surface area contributed by atoms with Crippen LogP contribution in [0, 0.1) is 0 Å². The lowest BCUT2D eigenvalue weighted by Crippen LogP contribution is -2.08. The number of anilines is 1. The molecule has 0 saturated carbocycles. The Morgan fingerprint density at radius 3 is 2.86 bits per heavy atom. The molecule has 5 nitrogen and oxygen atoms in total. The molecular weight excluding hydrogens is 206 g/mol. The molecule has 6 heteroatoms. The van der Waals surface area contributed by atoms with Crippen LogP contribution < -0.4 is 10.1 Å². The summed E-state index contributed by atoms with van der Waals surface area (Å²) in [5.74, 6) is 0.653. The second-order valence-electron chi connectivity index (χ2n) is 2.36. The molecule has 2 N–H and O–H groups in total. The van der Waals surface area contributed by atoms with Crippen molar-refractivity contribution in [2.24, 2.45) is 0 Å². The molecule has 1 atom stereocenters. The first-order valence-electron chi connectivity index (χ1n) is 3.85. The van der Waals surface area contributed by atoms with Gasteiger partial charge in [0.15, 0.2) is 0 Å². The van der Waals surface area contributed by atoms with Crippen LogP contribution in [0.2, 0.25) is 0 Å². The Hall–Kier alpha value is -1.11.